The van der Waals surface area contributed by atoms with Gasteiger partial charge in [0.2, 0.25) is 0 Å². The Bertz CT molecular complexity index is 363. The predicted molar refractivity (Wildman–Crippen MR) is 74.1 cm³/mol. The fourth-order valence-electron chi connectivity index (χ4n) is 1.12. The number of thiocarbonyl (C=S) groups is 1. The summed E-state index contributed by atoms with van der Waals surface area (Å²) in [7, 11) is 0. The molecular weight excluding hydrogens is 238 g/mol. The van der Waals surface area contributed by atoms with Crippen LogP contribution >= 0.6 is 24.0 Å². The second-order valence-corrected chi connectivity index (χ2v) is 5.32. The zero-order chi connectivity index (χ0) is 12.0. The van der Waals surface area contributed by atoms with Crippen molar-refractivity contribution >= 4 is 34.1 Å². The van der Waals surface area contributed by atoms with E-state index in [-0.39, 0.29) is 5.78 Å². The first-order valence-corrected chi connectivity index (χ1v) is 6.50. The van der Waals surface area contributed by atoms with Crippen molar-refractivity contribution in [3.05, 3.63) is 35.9 Å². The molecule has 0 amide bonds. The Hall–Kier alpha value is -0.870. The molecular formula is C12H15NOS2. The van der Waals surface area contributed by atoms with Crippen LogP contribution in [0.2, 0.25) is 0 Å². The first-order chi connectivity index (χ1) is 7.59. The van der Waals surface area contributed by atoms with E-state index in [1.54, 1.807) is 0 Å². The maximum Gasteiger partial charge on any atom is 0.173 e. The second-order valence-electron chi connectivity index (χ2n) is 3.66. The van der Waals surface area contributed by atoms with Gasteiger partial charge in [-0.25, -0.2) is 0 Å². The summed E-state index contributed by atoms with van der Waals surface area (Å²) in [6.07, 6.45) is 0. The van der Waals surface area contributed by atoms with Crippen LogP contribution in [-0.4, -0.2) is 21.9 Å². The Labute approximate surface area is 106 Å². The van der Waals surface area contributed by atoms with Crippen LogP contribution in [0.15, 0.2) is 30.3 Å². The van der Waals surface area contributed by atoms with Gasteiger partial charge in [0.25, 0.3) is 0 Å². The van der Waals surface area contributed by atoms with Crippen molar-refractivity contribution in [2.24, 2.45) is 0 Å². The highest BCUT2D eigenvalue weighted by Crippen LogP contribution is 2.08. The highest BCUT2D eigenvalue weighted by Gasteiger charge is 2.07. The first kappa shape index (κ1) is 13.2. The molecule has 1 aromatic rings. The average Bonchev–Trinajstić information content (AvgIpc) is 2.26. The zero-order valence-corrected chi connectivity index (χ0v) is 11.0. The molecule has 2 nitrogen and oxygen atoms in total. The number of thioether (sulfide) groups is 1. The molecule has 0 aliphatic rings. The van der Waals surface area contributed by atoms with Crippen molar-refractivity contribution in [3.8, 4) is 0 Å². The number of Topliss-reactive ketones (excluding diaryl/α,β-unsaturated/α-hetero) is 1. The van der Waals surface area contributed by atoms with E-state index in [0.29, 0.717) is 16.1 Å². The van der Waals surface area contributed by atoms with Gasteiger partial charge < -0.3 is 5.32 Å². The van der Waals surface area contributed by atoms with Crippen molar-refractivity contribution in [1.82, 2.24) is 5.32 Å². The van der Waals surface area contributed by atoms with Crippen molar-refractivity contribution in [2.45, 2.75) is 19.9 Å². The maximum atomic E-state index is 11.7. The minimum Gasteiger partial charge on any atom is -0.369 e. The quantitative estimate of drug-likeness (QED) is 0.660. The summed E-state index contributed by atoms with van der Waals surface area (Å²) in [6, 6.07) is 9.58. The van der Waals surface area contributed by atoms with Gasteiger partial charge in [-0.1, -0.05) is 54.3 Å². The largest absolute Gasteiger partial charge is 0.369 e. The number of rotatable bonds is 4. The number of carbonyl (C=O) groups is 1. The van der Waals surface area contributed by atoms with Crippen LogP contribution in [-0.2, 0) is 0 Å². The molecule has 0 aromatic heterocycles. The molecule has 0 atom stereocenters. The fraction of sp³-hybridized carbons (Fsp3) is 0.333. The molecule has 0 saturated heterocycles. The molecule has 0 radical (unpaired) electrons. The molecule has 0 aliphatic carbocycles. The molecule has 0 fully saturated rings. The molecule has 0 unspecified atom stereocenters. The van der Waals surface area contributed by atoms with Crippen LogP contribution in [0.4, 0.5) is 0 Å². The lowest BCUT2D eigenvalue weighted by Crippen LogP contribution is -2.27. The SMILES string of the molecule is CC(C)NC(=S)SCC(=O)c1ccccc1. The van der Waals surface area contributed by atoms with Crippen LogP contribution in [0.1, 0.15) is 24.2 Å². The van der Waals surface area contributed by atoms with Crippen LogP contribution in [0.25, 0.3) is 0 Å². The van der Waals surface area contributed by atoms with E-state index < -0.39 is 0 Å². The summed E-state index contributed by atoms with van der Waals surface area (Å²) in [6.45, 7) is 4.04. The predicted octanol–water partition coefficient (Wildman–Crippen LogP) is 2.89. The van der Waals surface area contributed by atoms with Gasteiger partial charge in [-0.05, 0) is 13.8 Å². The van der Waals surface area contributed by atoms with E-state index in [1.807, 2.05) is 44.2 Å². The summed E-state index contributed by atoms with van der Waals surface area (Å²) in [5.74, 6) is 0.501. The third kappa shape index (κ3) is 4.77. The third-order valence-electron chi connectivity index (χ3n) is 1.84. The van der Waals surface area contributed by atoms with Crippen LogP contribution < -0.4 is 5.32 Å². The Kier molecular flexibility index (Phi) is 5.49. The molecule has 16 heavy (non-hydrogen) atoms. The summed E-state index contributed by atoms with van der Waals surface area (Å²) in [4.78, 5) is 11.7. The molecule has 0 heterocycles. The van der Waals surface area contributed by atoms with E-state index in [4.69, 9.17) is 12.2 Å². The minimum atomic E-state index is 0.110. The fourth-order valence-corrected chi connectivity index (χ4v) is 2.28. The molecule has 0 saturated carbocycles. The monoisotopic (exact) mass is 253 g/mol. The highest BCUT2D eigenvalue weighted by molar-refractivity contribution is 8.23. The highest BCUT2D eigenvalue weighted by atomic mass is 32.2. The number of hydrogen-bond acceptors (Lipinski definition) is 3. The minimum absolute atomic E-state index is 0.110. The normalized spacial score (nSPS) is 10.2. The summed E-state index contributed by atoms with van der Waals surface area (Å²) >= 11 is 6.48. The van der Waals surface area contributed by atoms with Gasteiger partial charge in [0.15, 0.2) is 5.78 Å². The van der Waals surface area contributed by atoms with Gasteiger partial charge >= 0.3 is 0 Å². The Balaban J connectivity index is 2.39. The number of carbonyl (C=O) groups excluding carboxylic acids is 1. The lowest BCUT2D eigenvalue weighted by molar-refractivity contribution is 0.102. The number of nitrogens with one attached hydrogen (secondary N) is 1. The Morgan fingerprint density at radius 1 is 1.38 bits per heavy atom. The molecule has 1 aromatic carbocycles. The van der Waals surface area contributed by atoms with Gasteiger partial charge in [-0.2, -0.15) is 0 Å². The topological polar surface area (TPSA) is 29.1 Å². The van der Waals surface area contributed by atoms with Gasteiger partial charge in [-0.15, -0.1) is 0 Å². The van der Waals surface area contributed by atoms with Crippen LogP contribution in [0.5, 0.6) is 0 Å². The van der Waals surface area contributed by atoms with Crippen molar-refractivity contribution < 1.29 is 4.79 Å². The van der Waals surface area contributed by atoms with Crippen LogP contribution in [0, 0.1) is 0 Å². The van der Waals surface area contributed by atoms with E-state index in [0.717, 1.165) is 5.56 Å². The first-order valence-electron chi connectivity index (χ1n) is 5.11. The second kappa shape index (κ2) is 6.66. The Morgan fingerprint density at radius 2 is 2.00 bits per heavy atom. The van der Waals surface area contributed by atoms with Gasteiger partial charge in [-0.3, -0.25) is 4.79 Å². The maximum absolute atomic E-state index is 11.7. The smallest absolute Gasteiger partial charge is 0.173 e. The molecule has 1 N–H and O–H groups in total. The summed E-state index contributed by atoms with van der Waals surface area (Å²) in [5, 5.41) is 3.09. The molecule has 0 aliphatic heterocycles. The lowest BCUT2D eigenvalue weighted by Gasteiger charge is -2.09. The molecule has 0 spiro atoms. The molecule has 4 heteroatoms. The number of ketones is 1. The van der Waals surface area contributed by atoms with Crippen LogP contribution in [0.3, 0.4) is 0 Å². The van der Waals surface area contributed by atoms with Crippen molar-refractivity contribution in [2.75, 3.05) is 5.75 Å². The molecule has 1 rings (SSSR count). The third-order valence-corrected chi connectivity index (χ3v) is 3.09. The van der Waals surface area contributed by atoms with Gasteiger partial charge in [0.1, 0.15) is 4.32 Å². The lowest BCUT2D eigenvalue weighted by atomic mass is 10.2. The standard InChI is InChI=1S/C12H15NOS2/c1-9(2)13-12(15)16-8-11(14)10-6-4-3-5-7-10/h3-7,9H,8H2,1-2H3,(H,13,15). The molecule has 86 valence electrons. The van der Waals surface area contributed by atoms with E-state index in [9.17, 15) is 4.79 Å². The molecule has 0 bridgehead atoms. The zero-order valence-electron chi connectivity index (χ0n) is 9.40. The van der Waals surface area contributed by atoms with Crippen molar-refractivity contribution in [3.63, 3.8) is 0 Å². The average molecular weight is 253 g/mol. The Morgan fingerprint density at radius 3 is 2.56 bits per heavy atom. The number of hydrogen-bond donors (Lipinski definition) is 1. The summed E-state index contributed by atoms with van der Waals surface area (Å²) < 4.78 is 0.680. The summed E-state index contributed by atoms with van der Waals surface area (Å²) in [5.41, 5.74) is 0.738. The van der Waals surface area contributed by atoms with Gasteiger partial charge in [0.05, 0.1) is 5.75 Å². The van der Waals surface area contributed by atoms with E-state index in [2.05, 4.69) is 5.32 Å². The van der Waals surface area contributed by atoms with Crippen molar-refractivity contribution in [1.29, 1.82) is 0 Å². The van der Waals surface area contributed by atoms with Gasteiger partial charge in [0, 0.05) is 11.6 Å². The van der Waals surface area contributed by atoms with E-state index in [1.165, 1.54) is 11.8 Å². The number of benzene rings is 1. The van der Waals surface area contributed by atoms with E-state index >= 15 is 0 Å².